The number of hydrogen-bond acceptors (Lipinski definition) is 1. The molecule has 0 unspecified atom stereocenters. The molecule has 24 heavy (non-hydrogen) atoms. The molecule has 0 radical (unpaired) electrons. The van der Waals surface area contributed by atoms with Crippen LogP contribution in [0.1, 0.15) is 31.0 Å². The molecule has 1 amide bonds. The fourth-order valence-corrected chi connectivity index (χ4v) is 2.39. The molecule has 0 aromatic heterocycles. The van der Waals surface area contributed by atoms with E-state index in [2.05, 4.69) is 5.32 Å². The first kappa shape index (κ1) is 18.0. The van der Waals surface area contributed by atoms with Gasteiger partial charge in [0.15, 0.2) is 6.04 Å². The third-order valence-corrected chi connectivity index (χ3v) is 3.80. The van der Waals surface area contributed by atoms with Gasteiger partial charge in [0.05, 0.1) is 5.56 Å². The highest BCUT2D eigenvalue weighted by Crippen LogP contribution is 2.29. The van der Waals surface area contributed by atoms with E-state index in [-0.39, 0.29) is 18.0 Å². The number of quaternary nitrogens is 1. The van der Waals surface area contributed by atoms with Gasteiger partial charge in [0.1, 0.15) is 6.04 Å². The van der Waals surface area contributed by atoms with Gasteiger partial charge in [0.25, 0.3) is 5.91 Å². The molecule has 6 heteroatoms. The van der Waals surface area contributed by atoms with Crippen LogP contribution >= 0.6 is 0 Å². The summed E-state index contributed by atoms with van der Waals surface area (Å²) in [6.45, 7) is 3.76. The number of amides is 1. The summed E-state index contributed by atoms with van der Waals surface area (Å²) in [4.78, 5) is 12.2. The van der Waals surface area contributed by atoms with Gasteiger partial charge in [-0.1, -0.05) is 30.3 Å². The molecular formula is C18H20F3N2O+. The number of nitrogens with two attached hydrogens (primary N) is 1. The van der Waals surface area contributed by atoms with Crippen LogP contribution in [0.5, 0.6) is 0 Å². The second-order valence-corrected chi connectivity index (χ2v) is 5.74. The lowest BCUT2D eigenvalue weighted by Crippen LogP contribution is -2.91. The number of rotatable bonds is 5. The van der Waals surface area contributed by atoms with Crippen molar-refractivity contribution in [3.63, 3.8) is 0 Å². The molecule has 0 heterocycles. The number of halogens is 3. The maximum atomic E-state index is 12.5. The van der Waals surface area contributed by atoms with Gasteiger partial charge in [0, 0.05) is 11.3 Å². The van der Waals surface area contributed by atoms with Gasteiger partial charge in [-0.05, 0) is 38.1 Å². The molecule has 0 bridgehead atoms. The van der Waals surface area contributed by atoms with Crippen molar-refractivity contribution in [1.29, 1.82) is 0 Å². The van der Waals surface area contributed by atoms with Crippen LogP contribution in [0, 0.1) is 0 Å². The molecule has 2 rings (SSSR count). The minimum Gasteiger partial charge on any atom is -0.330 e. The molecular weight excluding hydrogens is 317 g/mol. The topological polar surface area (TPSA) is 45.7 Å². The van der Waals surface area contributed by atoms with E-state index in [1.165, 1.54) is 12.1 Å². The van der Waals surface area contributed by atoms with Crippen LogP contribution in [0.15, 0.2) is 54.6 Å². The van der Waals surface area contributed by atoms with Crippen LogP contribution in [0.4, 0.5) is 18.9 Å². The lowest BCUT2D eigenvalue weighted by Gasteiger charge is -2.17. The molecule has 2 aromatic carbocycles. The van der Waals surface area contributed by atoms with Gasteiger partial charge >= 0.3 is 6.18 Å². The van der Waals surface area contributed by atoms with Crippen molar-refractivity contribution >= 4 is 11.6 Å². The zero-order chi connectivity index (χ0) is 17.7. The first-order valence-electron chi connectivity index (χ1n) is 7.65. The van der Waals surface area contributed by atoms with Crippen LogP contribution in [-0.4, -0.2) is 11.9 Å². The van der Waals surface area contributed by atoms with Gasteiger partial charge in [-0.15, -0.1) is 0 Å². The van der Waals surface area contributed by atoms with E-state index in [1.54, 1.807) is 6.92 Å². The van der Waals surface area contributed by atoms with Gasteiger partial charge in [-0.3, -0.25) is 4.79 Å². The summed E-state index contributed by atoms with van der Waals surface area (Å²) in [5, 5.41) is 4.55. The van der Waals surface area contributed by atoms with Gasteiger partial charge in [-0.2, -0.15) is 13.2 Å². The normalized spacial score (nSPS) is 14.0. The van der Waals surface area contributed by atoms with E-state index < -0.39 is 11.7 Å². The lowest BCUT2D eigenvalue weighted by molar-refractivity contribution is -0.709. The number of benzene rings is 2. The van der Waals surface area contributed by atoms with Crippen LogP contribution in [0.25, 0.3) is 0 Å². The second-order valence-electron chi connectivity index (χ2n) is 5.74. The van der Waals surface area contributed by atoms with Crippen molar-refractivity contribution in [1.82, 2.24) is 0 Å². The Balaban J connectivity index is 1.94. The average Bonchev–Trinajstić information content (AvgIpc) is 2.55. The van der Waals surface area contributed by atoms with Crippen LogP contribution in [0.3, 0.4) is 0 Å². The van der Waals surface area contributed by atoms with Gasteiger partial charge < -0.3 is 10.6 Å². The Morgan fingerprint density at radius 3 is 2.12 bits per heavy atom. The number of alkyl halides is 3. The van der Waals surface area contributed by atoms with E-state index in [4.69, 9.17) is 0 Å². The lowest BCUT2D eigenvalue weighted by atomic mass is 10.1. The Bertz CT molecular complexity index is 669. The summed E-state index contributed by atoms with van der Waals surface area (Å²) in [6, 6.07) is 13.9. The first-order chi connectivity index (χ1) is 11.3. The highest BCUT2D eigenvalue weighted by atomic mass is 19.4. The molecule has 2 aromatic rings. The quantitative estimate of drug-likeness (QED) is 0.863. The van der Waals surface area contributed by atoms with Crippen molar-refractivity contribution in [3.8, 4) is 0 Å². The van der Waals surface area contributed by atoms with Crippen molar-refractivity contribution < 1.29 is 23.3 Å². The molecule has 0 saturated heterocycles. The van der Waals surface area contributed by atoms with Crippen molar-refractivity contribution in [2.24, 2.45) is 0 Å². The maximum Gasteiger partial charge on any atom is 0.416 e. The SMILES string of the molecule is C[C@H]([NH2+][C@H](C)c1ccccc1)C(=O)Nc1ccc(C(F)(F)F)cc1. The summed E-state index contributed by atoms with van der Waals surface area (Å²) >= 11 is 0. The van der Waals surface area contributed by atoms with E-state index in [0.29, 0.717) is 5.69 Å². The Morgan fingerprint density at radius 2 is 1.58 bits per heavy atom. The number of hydrogen-bond donors (Lipinski definition) is 2. The monoisotopic (exact) mass is 337 g/mol. The molecule has 0 aliphatic carbocycles. The van der Waals surface area contributed by atoms with Crippen LogP contribution < -0.4 is 10.6 Å². The predicted octanol–water partition coefficient (Wildman–Crippen LogP) is 3.36. The molecule has 0 saturated carbocycles. The number of nitrogens with one attached hydrogen (secondary N) is 1. The number of anilines is 1. The molecule has 2 atom stereocenters. The Labute approximate surface area is 138 Å². The van der Waals surface area contributed by atoms with Gasteiger partial charge in [0.2, 0.25) is 0 Å². The Hall–Kier alpha value is -2.34. The Morgan fingerprint density at radius 1 is 1.00 bits per heavy atom. The highest BCUT2D eigenvalue weighted by molar-refractivity contribution is 5.93. The second kappa shape index (κ2) is 7.49. The largest absolute Gasteiger partial charge is 0.416 e. The molecule has 0 fully saturated rings. The third-order valence-electron chi connectivity index (χ3n) is 3.80. The van der Waals surface area contributed by atoms with Crippen molar-refractivity contribution in [2.45, 2.75) is 32.1 Å². The van der Waals surface area contributed by atoms with Crippen LogP contribution in [-0.2, 0) is 11.0 Å². The molecule has 3 nitrogen and oxygen atoms in total. The van der Waals surface area contributed by atoms with E-state index in [0.717, 1.165) is 17.7 Å². The number of carbonyl (C=O) groups is 1. The summed E-state index contributed by atoms with van der Waals surface area (Å²) in [6.07, 6.45) is -4.38. The fourth-order valence-electron chi connectivity index (χ4n) is 2.39. The standard InChI is InChI=1S/C18H19F3N2O/c1-12(14-6-4-3-5-7-14)22-13(2)17(24)23-16-10-8-15(9-11-16)18(19,20)21/h3-13,22H,1-2H3,(H,23,24)/p+1/t12-,13+/m1/s1. The van der Waals surface area contributed by atoms with Gasteiger partial charge in [-0.25, -0.2) is 0 Å². The van der Waals surface area contributed by atoms with Crippen molar-refractivity contribution in [2.75, 3.05) is 5.32 Å². The van der Waals surface area contributed by atoms with E-state index >= 15 is 0 Å². The minimum atomic E-state index is -4.38. The maximum absolute atomic E-state index is 12.5. The molecule has 128 valence electrons. The zero-order valence-corrected chi connectivity index (χ0v) is 13.5. The predicted molar refractivity (Wildman–Crippen MR) is 86.3 cm³/mol. The molecule has 3 N–H and O–H groups in total. The smallest absolute Gasteiger partial charge is 0.330 e. The minimum absolute atomic E-state index is 0.0968. The summed E-state index contributed by atoms with van der Waals surface area (Å²) in [5.41, 5.74) is 0.713. The zero-order valence-electron chi connectivity index (χ0n) is 13.5. The highest BCUT2D eigenvalue weighted by Gasteiger charge is 2.30. The molecule has 0 spiro atoms. The van der Waals surface area contributed by atoms with E-state index in [9.17, 15) is 18.0 Å². The molecule has 0 aliphatic heterocycles. The van der Waals surface area contributed by atoms with E-state index in [1.807, 2.05) is 42.6 Å². The summed E-state index contributed by atoms with van der Waals surface area (Å²) in [7, 11) is 0. The average molecular weight is 337 g/mol. The first-order valence-corrected chi connectivity index (χ1v) is 7.65. The Kier molecular flexibility index (Phi) is 5.62. The summed E-state index contributed by atoms with van der Waals surface area (Å²) < 4.78 is 37.6. The van der Waals surface area contributed by atoms with Crippen molar-refractivity contribution in [3.05, 3.63) is 65.7 Å². The molecule has 0 aliphatic rings. The van der Waals surface area contributed by atoms with Crippen LogP contribution in [0.2, 0.25) is 0 Å². The number of carbonyl (C=O) groups excluding carboxylic acids is 1. The third kappa shape index (κ3) is 4.83. The fraction of sp³-hybridized carbons (Fsp3) is 0.278. The summed E-state index contributed by atoms with van der Waals surface area (Å²) in [5.74, 6) is -0.252.